The van der Waals surface area contributed by atoms with Gasteiger partial charge in [-0.25, -0.2) is 18.0 Å². The van der Waals surface area contributed by atoms with Crippen LogP contribution >= 0.6 is 11.3 Å². The Kier molecular flexibility index (Phi) is 7.00. The summed E-state index contributed by atoms with van der Waals surface area (Å²) in [6.07, 6.45) is -0.631. The molecule has 0 spiro atoms. The number of nitrogens with zero attached hydrogens (tertiary/aromatic N) is 3. The lowest BCUT2D eigenvalue weighted by molar-refractivity contribution is -0.0208. The van der Waals surface area contributed by atoms with E-state index in [-0.39, 0.29) is 35.9 Å². The zero-order valence-electron chi connectivity index (χ0n) is 23.2. The molecule has 1 saturated heterocycles. The molecule has 3 aliphatic rings. The van der Waals surface area contributed by atoms with E-state index in [4.69, 9.17) is 14.2 Å². The normalized spacial score (nSPS) is 18.2. The minimum atomic E-state index is -1.38. The third-order valence-electron chi connectivity index (χ3n) is 7.95. The van der Waals surface area contributed by atoms with Gasteiger partial charge >= 0.3 is 6.16 Å². The molecule has 2 unspecified atom stereocenters. The third kappa shape index (κ3) is 4.36. The number of ether oxygens (including phenoxy) is 4. The third-order valence-corrected chi connectivity index (χ3v) is 8.94. The first kappa shape index (κ1) is 28.9. The smallest absolute Gasteiger partial charge is 0.451 e. The van der Waals surface area contributed by atoms with Crippen LogP contribution in [0.3, 0.4) is 0 Å². The van der Waals surface area contributed by atoms with Gasteiger partial charge in [-0.05, 0) is 22.8 Å². The highest BCUT2D eigenvalue weighted by Gasteiger charge is 2.47. The van der Waals surface area contributed by atoms with Crippen molar-refractivity contribution in [2.45, 2.75) is 12.2 Å². The maximum Gasteiger partial charge on any atom is 0.510 e. The van der Waals surface area contributed by atoms with Gasteiger partial charge in [0.25, 0.3) is 5.91 Å². The van der Waals surface area contributed by atoms with Crippen LogP contribution in [0.1, 0.15) is 27.7 Å². The highest BCUT2D eigenvalue weighted by molar-refractivity contribution is 7.14. The second-order valence-corrected chi connectivity index (χ2v) is 11.2. The van der Waals surface area contributed by atoms with Crippen molar-refractivity contribution in [3.63, 3.8) is 0 Å². The molecule has 15 heteroatoms. The molecule has 4 heterocycles. The van der Waals surface area contributed by atoms with Crippen molar-refractivity contribution in [2.75, 3.05) is 38.7 Å². The van der Waals surface area contributed by atoms with Crippen LogP contribution < -0.4 is 15.2 Å². The Labute approximate surface area is 255 Å². The number of methoxy groups -OCH3 is 1. The van der Waals surface area contributed by atoms with Gasteiger partial charge in [0.2, 0.25) is 23.1 Å². The largest absolute Gasteiger partial charge is 0.510 e. The average Bonchev–Trinajstić information content (AvgIpc) is 3.27. The van der Waals surface area contributed by atoms with Gasteiger partial charge in [-0.3, -0.25) is 19.3 Å². The van der Waals surface area contributed by atoms with Crippen molar-refractivity contribution in [1.82, 2.24) is 9.58 Å². The zero-order valence-corrected chi connectivity index (χ0v) is 24.0. The van der Waals surface area contributed by atoms with Gasteiger partial charge in [0, 0.05) is 34.8 Å². The Bertz CT molecular complexity index is 1950. The number of benzene rings is 2. The number of morpholine rings is 1. The molecule has 2 aromatic carbocycles. The fourth-order valence-corrected chi connectivity index (χ4v) is 7.05. The van der Waals surface area contributed by atoms with E-state index >= 15 is 8.78 Å². The molecular formula is C30H21F4N3O7S. The number of carbonyl (C=O) groups excluding carboxylic acids is 2. The van der Waals surface area contributed by atoms with Crippen LogP contribution in [0, 0.1) is 22.6 Å². The van der Waals surface area contributed by atoms with E-state index < -0.39 is 76.0 Å². The first-order valence-electron chi connectivity index (χ1n) is 13.5. The summed E-state index contributed by atoms with van der Waals surface area (Å²) in [7, 11) is 1.08. The molecule has 2 atom stereocenters. The quantitative estimate of drug-likeness (QED) is 0.178. The summed E-state index contributed by atoms with van der Waals surface area (Å²) in [6.45, 7) is -0.535. The molecule has 10 nitrogen and oxygen atoms in total. The standard InChI is InChI=1S/C30H21F4N3O7S/c1-41-30(40)44-13-43-26-18(38)8-9-36-25(26)29(39)35-10-11-42-12-19(35)37(36)24-14-4-2-3-5-15(14)27-21(23(33)28(34)45-27)20-16(24)6-7-17(31)22(20)32/h2-9,19,24H,10-13H2,1H3. The number of hydrogen-bond acceptors (Lipinski definition) is 9. The van der Waals surface area contributed by atoms with Gasteiger partial charge in [0.1, 0.15) is 6.17 Å². The molecule has 2 aromatic heterocycles. The van der Waals surface area contributed by atoms with Crippen molar-refractivity contribution < 1.29 is 46.1 Å². The maximum absolute atomic E-state index is 15.9. The zero-order chi connectivity index (χ0) is 31.6. The Morgan fingerprint density at radius 2 is 1.82 bits per heavy atom. The Balaban J connectivity index is 1.51. The molecule has 2 aliphatic heterocycles. The van der Waals surface area contributed by atoms with Crippen molar-refractivity contribution in [2.24, 2.45) is 0 Å². The Morgan fingerprint density at radius 3 is 2.62 bits per heavy atom. The van der Waals surface area contributed by atoms with E-state index in [1.165, 1.54) is 21.8 Å². The molecule has 4 aromatic rings. The number of hydrogen-bond donors (Lipinski definition) is 0. The monoisotopic (exact) mass is 643 g/mol. The van der Waals surface area contributed by atoms with Gasteiger partial charge in [-0.15, -0.1) is 11.3 Å². The van der Waals surface area contributed by atoms with Gasteiger partial charge in [-0.2, -0.15) is 4.39 Å². The molecule has 1 amide bonds. The summed E-state index contributed by atoms with van der Waals surface area (Å²) < 4.78 is 82.8. The Morgan fingerprint density at radius 1 is 1.02 bits per heavy atom. The summed E-state index contributed by atoms with van der Waals surface area (Å²) >= 11 is 0.468. The van der Waals surface area contributed by atoms with Gasteiger partial charge in [0.15, 0.2) is 23.1 Å². The first-order chi connectivity index (χ1) is 21.7. The van der Waals surface area contributed by atoms with Crippen molar-refractivity contribution in [1.29, 1.82) is 0 Å². The maximum atomic E-state index is 15.9. The topological polar surface area (TPSA) is 99.5 Å². The van der Waals surface area contributed by atoms with Crippen LogP contribution in [0.4, 0.5) is 22.4 Å². The molecule has 0 N–H and O–H groups in total. The molecule has 0 bridgehead atoms. The molecule has 45 heavy (non-hydrogen) atoms. The van der Waals surface area contributed by atoms with E-state index in [2.05, 4.69) is 4.74 Å². The first-order valence-corrected chi connectivity index (χ1v) is 14.4. The SMILES string of the molecule is COC(=O)OCOc1c2n(ccc1=O)N(C1c3ccccc3-c3sc(F)c(F)c3-c3c1ccc(F)c3F)C1COCCN1C2=O. The van der Waals surface area contributed by atoms with Crippen LogP contribution in [0.5, 0.6) is 5.75 Å². The van der Waals surface area contributed by atoms with E-state index in [1.807, 2.05) is 0 Å². The van der Waals surface area contributed by atoms with Crippen molar-refractivity contribution in [3.8, 4) is 27.3 Å². The van der Waals surface area contributed by atoms with Crippen LogP contribution in [0.15, 0.2) is 53.5 Å². The number of pyridine rings is 1. The van der Waals surface area contributed by atoms with E-state index in [0.29, 0.717) is 22.5 Å². The predicted molar refractivity (Wildman–Crippen MR) is 150 cm³/mol. The molecule has 0 saturated carbocycles. The fourth-order valence-electron chi connectivity index (χ4n) is 6.09. The number of fused-ring (bicyclic) bond motifs is 7. The minimum Gasteiger partial charge on any atom is -0.451 e. The summed E-state index contributed by atoms with van der Waals surface area (Å²) in [5.74, 6) is -5.02. The number of aromatic nitrogens is 1. The van der Waals surface area contributed by atoms with Crippen molar-refractivity contribution in [3.05, 3.63) is 98.3 Å². The van der Waals surface area contributed by atoms with Gasteiger partial charge in [0.05, 0.1) is 26.4 Å². The lowest BCUT2D eigenvalue weighted by Crippen LogP contribution is -2.66. The molecule has 1 fully saturated rings. The second-order valence-electron chi connectivity index (χ2n) is 10.2. The molecular weight excluding hydrogens is 622 g/mol. The highest BCUT2D eigenvalue weighted by Crippen LogP contribution is 2.52. The number of rotatable bonds is 4. The minimum absolute atomic E-state index is 0.0264. The number of halogens is 4. The number of thiophene rings is 1. The van der Waals surface area contributed by atoms with Crippen LogP contribution in [0.2, 0.25) is 0 Å². The summed E-state index contributed by atoms with van der Waals surface area (Å²) in [5.41, 5.74) is -0.977. The fraction of sp³-hybridized carbons (Fsp3) is 0.233. The molecule has 0 radical (unpaired) electrons. The molecule has 7 rings (SSSR count). The lowest BCUT2D eigenvalue weighted by atomic mass is 9.91. The second kappa shape index (κ2) is 10.9. The van der Waals surface area contributed by atoms with E-state index in [0.717, 1.165) is 19.2 Å². The number of carbonyl (C=O) groups is 2. The summed E-state index contributed by atoms with van der Waals surface area (Å²) in [4.78, 5) is 40.0. The van der Waals surface area contributed by atoms with Crippen LogP contribution in [0.25, 0.3) is 21.6 Å². The van der Waals surface area contributed by atoms with E-state index in [1.54, 1.807) is 29.3 Å². The number of amides is 1. The average molecular weight is 644 g/mol. The lowest BCUT2D eigenvalue weighted by Gasteiger charge is -2.51. The predicted octanol–water partition coefficient (Wildman–Crippen LogP) is 4.77. The van der Waals surface area contributed by atoms with Gasteiger partial charge in [-0.1, -0.05) is 30.3 Å². The van der Waals surface area contributed by atoms with E-state index in [9.17, 15) is 23.2 Å². The molecule has 1 aliphatic carbocycles. The van der Waals surface area contributed by atoms with Gasteiger partial charge < -0.3 is 23.8 Å². The molecule has 232 valence electrons. The van der Waals surface area contributed by atoms with Crippen LogP contribution in [-0.2, 0) is 14.2 Å². The van der Waals surface area contributed by atoms with Crippen molar-refractivity contribution >= 4 is 23.4 Å². The summed E-state index contributed by atoms with van der Waals surface area (Å²) in [6, 6.07) is 8.86. The summed E-state index contributed by atoms with van der Waals surface area (Å²) in [5, 5.41) is 0.445. The Hall–Kier alpha value is -4.89. The van der Waals surface area contributed by atoms with Crippen LogP contribution in [-0.4, -0.2) is 61.5 Å². The highest BCUT2D eigenvalue weighted by atomic mass is 32.1.